The molecule has 0 spiro atoms. The third-order valence-electron chi connectivity index (χ3n) is 4.16. The molecule has 0 atom stereocenters. The molecule has 4 rings (SSSR count). The Balaban J connectivity index is 1.71. The van der Waals surface area contributed by atoms with Gasteiger partial charge in [0.1, 0.15) is 29.2 Å². The van der Waals surface area contributed by atoms with Crippen molar-refractivity contribution in [1.82, 2.24) is 14.5 Å². The van der Waals surface area contributed by atoms with E-state index in [1.807, 2.05) is 22.8 Å². The number of methoxy groups -OCH3 is 1. The summed E-state index contributed by atoms with van der Waals surface area (Å²) in [5.41, 5.74) is 2.90. The Labute approximate surface area is 164 Å². The first-order valence-electron chi connectivity index (χ1n) is 8.31. The Morgan fingerprint density at radius 2 is 2.18 bits per heavy atom. The molecule has 1 aromatic carbocycles. The summed E-state index contributed by atoms with van der Waals surface area (Å²) < 4.78 is 12.7. The number of thiophene rings is 1. The number of nitriles is 1. The molecule has 0 fully saturated rings. The van der Waals surface area contributed by atoms with Crippen LogP contribution in [0.3, 0.4) is 0 Å². The lowest BCUT2D eigenvalue weighted by atomic mass is 10.1. The maximum Gasteiger partial charge on any atom is 0.351 e. The fourth-order valence-electron chi connectivity index (χ4n) is 2.77. The molecule has 3 heterocycles. The van der Waals surface area contributed by atoms with E-state index in [2.05, 4.69) is 16.0 Å². The second-order valence-corrected chi connectivity index (χ2v) is 6.84. The van der Waals surface area contributed by atoms with Crippen LogP contribution in [0.1, 0.15) is 20.8 Å². The van der Waals surface area contributed by atoms with E-state index in [1.165, 1.54) is 18.4 Å². The van der Waals surface area contributed by atoms with Crippen LogP contribution >= 0.6 is 11.3 Å². The number of ether oxygens (including phenoxy) is 2. The summed E-state index contributed by atoms with van der Waals surface area (Å²) in [5.74, 6) is -0.0820. The molecule has 138 valence electrons. The molecule has 8 heteroatoms. The van der Waals surface area contributed by atoms with Crippen molar-refractivity contribution in [2.75, 3.05) is 7.11 Å². The molecular weight excluding hydrogens is 376 g/mol. The van der Waals surface area contributed by atoms with Crippen molar-refractivity contribution in [1.29, 1.82) is 5.26 Å². The molecule has 0 saturated carbocycles. The van der Waals surface area contributed by atoms with Crippen LogP contribution in [0.2, 0.25) is 0 Å². The van der Waals surface area contributed by atoms with Crippen molar-refractivity contribution >= 4 is 28.3 Å². The molecule has 0 aliphatic heterocycles. The zero-order valence-corrected chi connectivity index (χ0v) is 15.6. The van der Waals surface area contributed by atoms with Gasteiger partial charge in [0, 0.05) is 17.8 Å². The van der Waals surface area contributed by atoms with Gasteiger partial charge in [-0.15, -0.1) is 11.3 Å². The topological polar surface area (TPSA) is 90.0 Å². The van der Waals surface area contributed by atoms with Crippen molar-refractivity contribution in [3.63, 3.8) is 0 Å². The van der Waals surface area contributed by atoms with E-state index in [-0.39, 0.29) is 6.61 Å². The van der Waals surface area contributed by atoms with Crippen LogP contribution in [-0.2, 0) is 11.3 Å². The average molecular weight is 390 g/mol. The number of esters is 1. The standard InChI is InChI=1S/C20H14N4O3S/c1-26-20(25)19-17(27-11-14-5-3-2-4-13(14)9-21)8-18(28-19)24-12-23-15-10-22-7-6-16(15)24/h2-8,10,12H,11H2,1H3. The number of hydrogen-bond donors (Lipinski definition) is 0. The molecule has 0 bridgehead atoms. The van der Waals surface area contributed by atoms with Crippen LogP contribution in [0.5, 0.6) is 5.75 Å². The van der Waals surface area contributed by atoms with Gasteiger partial charge in [0.15, 0.2) is 4.88 Å². The lowest BCUT2D eigenvalue weighted by Crippen LogP contribution is -2.03. The number of aromatic nitrogens is 3. The average Bonchev–Trinajstić information content (AvgIpc) is 3.36. The van der Waals surface area contributed by atoms with Crippen molar-refractivity contribution in [3.8, 4) is 16.8 Å². The number of rotatable bonds is 5. The molecule has 28 heavy (non-hydrogen) atoms. The van der Waals surface area contributed by atoms with Crippen LogP contribution in [0.4, 0.5) is 0 Å². The first-order valence-corrected chi connectivity index (χ1v) is 9.13. The van der Waals surface area contributed by atoms with E-state index in [9.17, 15) is 10.1 Å². The monoisotopic (exact) mass is 390 g/mol. The zero-order chi connectivity index (χ0) is 19.5. The van der Waals surface area contributed by atoms with Crippen LogP contribution in [-0.4, -0.2) is 27.6 Å². The maximum absolute atomic E-state index is 12.2. The Hall–Kier alpha value is -3.70. The summed E-state index contributed by atoms with van der Waals surface area (Å²) in [5, 5.41) is 9.99. The van der Waals surface area contributed by atoms with Crippen LogP contribution in [0.25, 0.3) is 16.0 Å². The second-order valence-electron chi connectivity index (χ2n) is 5.81. The van der Waals surface area contributed by atoms with Gasteiger partial charge in [-0.25, -0.2) is 9.78 Å². The van der Waals surface area contributed by atoms with Crippen molar-refractivity contribution < 1.29 is 14.3 Å². The molecule has 7 nitrogen and oxygen atoms in total. The summed E-state index contributed by atoms with van der Waals surface area (Å²) in [6, 6.07) is 12.9. The van der Waals surface area contributed by atoms with Gasteiger partial charge < -0.3 is 9.47 Å². The van der Waals surface area contributed by atoms with Gasteiger partial charge in [0.2, 0.25) is 0 Å². The van der Waals surface area contributed by atoms with Gasteiger partial charge in [-0.1, -0.05) is 18.2 Å². The number of carbonyl (C=O) groups excluding carboxylic acids is 1. The summed E-state index contributed by atoms with van der Waals surface area (Å²) in [6.45, 7) is 0.165. The van der Waals surface area contributed by atoms with Gasteiger partial charge in [-0.3, -0.25) is 9.55 Å². The third-order valence-corrected chi connectivity index (χ3v) is 5.26. The van der Waals surface area contributed by atoms with E-state index >= 15 is 0 Å². The minimum atomic E-state index is -0.481. The van der Waals surface area contributed by atoms with Crippen LogP contribution < -0.4 is 4.74 Å². The smallest absolute Gasteiger partial charge is 0.351 e. The Bertz CT molecular complexity index is 1210. The Morgan fingerprint density at radius 1 is 1.32 bits per heavy atom. The molecule has 0 aliphatic rings. The summed E-state index contributed by atoms with van der Waals surface area (Å²) in [4.78, 5) is 21.0. The normalized spacial score (nSPS) is 10.6. The van der Waals surface area contributed by atoms with E-state index in [0.717, 1.165) is 21.6 Å². The first-order chi connectivity index (χ1) is 13.7. The summed E-state index contributed by atoms with van der Waals surface area (Å²) in [6.07, 6.45) is 5.04. The molecule has 0 N–H and O–H groups in total. The summed E-state index contributed by atoms with van der Waals surface area (Å²) in [7, 11) is 1.33. The predicted molar refractivity (Wildman–Crippen MR) is 104 cm³/mol. The van der Waals surface area contributed by atoms with Gasteiger partial charge in [-0.2, -0.15) is 5.26 Å². The van der Waals surface area contributed by atoms with Gasteiger partial charge in [0.05, 0.1) is 30.5 Å². The quantitative estimate of drug-likeness (QED) is 0.483. The van der Waals surface area contributed by atoms with E-state index < -0.39 is 5.97 Å². The molecular formula is C20H14N4O3S. The minimum Gasteiger partial charge on any atom is -0.487 e. The van der Waals surface area contributed by atoms with Gasteiger partial charge >= 0.3 is 5.97 Å². The lowest BCUT2D eigenvalue weighted by molar-refractivity contribution is 0.0601. The predicted octanol–water partition coefficient (Wildman–Crippen LogP) is 3.72. The number of fused-ring (bicyclic) bond motifs is 1. The van der Waals surface area contributed by atoms with Crippen molar-refractivity contribution in [2.45, 2.75) is 6.61 Å². The fourth-order valence-corrected chi connectivity index (χ4v) is 3.78. The maximum atomic E-state index is 12.2. The number of pyridine rings is 1. The van der Waals surface area contributed by atoms with E-state index in [4.69, 9.17) is 9.47 Å². The minimum absolute atomic E-state index is 0.165. The Kier molecular flexibility index (Phi) is 4.74. The van der Waals surface area contributed by atoms with Crippen LogP contribution in [0.15, 0.2) is 55.1 Å². The largest absolute Gasteiger partial charge is 0.487 e. The SMILES string of the molecule is COC(=O)c1sc(-n2cnc3cnccc32)cc1OCc1ccccc1C#N. The van der Waals surface area contributed by atoms with Crippen molar-refractivity contribution in [2.24, 2.45) is 0 Å². The van der Waals surface area contributed by atoms with E-state index in [0.29, 0.717) is 16.2 Å². The second kappa shape index (κ2) is 7.50. The third kappa shape index (κ3) is 3.19. The molecule has 3 aromatic heterocycles. The van der Waals surface area contributed by atoms with Crippen molar-refractivity contribution in [3.05, 3.63) is 71.1 Å². The highest BCUT2D eigenvalue weighted by molar-refractivity contribution is 7.16. The number of carbonyl (C=O) groups is 1. The first kappa shape index (κ1) is 17.7. The fraction of sp³-hybridized carbons (Fsp3) is 0.100. The summed E-state index contributed by atoms with van der Waals surface area (Å²) >= 11 is 1.25. The highest BCUT2D eigenvalue weighted by Crippen LogP contribution is 2.34. The molecule has 0 aliphatic carbocycles. The molecule has 0 saturated heterocycles. The molecule has 4 aromatic rings. The lowest BCUT2D eigenvalue weighted by Gasteiger charge is -2.07. The molecule has 0 radical (unpaired) electrons. The highest BCUT2D eigenvalue weighted by atomic mass is 32.1. The number of benzene rings is 1. The van der Waals surface area contributed by atoms with E-state index in [1.54, 1.807) is 36.9 Å². The van der Waals surface area contributed by atoms with Crippen LogP contribution in [0, 0.1) is 11.3 Å². The number of hydrogen-bond acceptors (Lipinski definition) is 7. The highest BCUT2D eigenvalue weighted by Gasteiger charge is 2.20. The Morgan fingerprint density at radius 3 is 3.00 bits per heavy atom. The number of nitrogens with zero attached hydrogens (tertiary/aromatic N) is 4. The molecule has 0 amide bonds. The molecule has 0 unspecified atom stereocenters. The van der Waals surface area contributed by atoms with Gasteiger partial charge in [-0.05, 0) is 12.1 Å². The number of imidazole rings is 1. The van der Waals surface area contributed by atoms with Gasteiger partial charge in [0.25, 0.3) is 0 Å². The zero-order valence-electron chi connectivity index (χ0n) is 14.8.